The Balaban J connectivity index is 2.59. The predicted octanol–water partition coefficient (Wildman–Crippen LogP) is 2.68. The number of halogens is 1. The van der Waals surface area contributed by atoms with Crippen LogP contribution in [0.5, 0.6) is 0 Å². The molecule has 0 saturated carbocycles. The van der Waals surface area contributed by atoms with Gasteiger partial charge in [0.1, 0.15) is 0 Å². The average Bonchev–Trinajstić information content (AvgIpc) is 2.08. The fourth-order valence-corrected chi connectivity index (χ4v) is 1.37. The van der Waals surface area contributed by atoms with Gasteiger partial charge in [0.25, 0.3) is 0 Å². The van der Waals surface area contributed by atoms with Gasteiger partial charge in [0.05, 0.1) is 5.75 Å². The Hall–Kier alpha value is -0.450. The first-order valence-electron chi connectivity index (χ1n) is 3.68. The van der Waals surface area contributed by atoms with Crippen LogP contribution in [0.15, 0.2) is 34.8 Å². The van der Waals surface area contributed by atoms with E-state index in [1.807, 2.05) is 30.3 Å². The lowest BCUT2D eigenvalue weighted by Gasteiger charge is -1.92. The number of benzene rings is 1. The van der Waals surface area contributed by atoms with Crippen molar-refractivity contribution in [2.75, 3.05) is 5.75 Å². The Bertz CT molecular complexity index is 319. The van der Waals surface area contributed by atoms with Crippen molar-refractivity contribution in [3.05, 3.63) is 40.4 Å². The van der Waals surface area contributed by atoms with Crippen LogP contribution < -0.4 is 0 Å². The summed E-state index contributed by atoms with van der Waals surface area (Å²) in [6, 6.07) is 7.72. The Morgan fingerprint density at radius 2 is 2.00 bits per heavy atom. The fourth-order valence-electron chi connectivity index (χ4n) is 0.840. The molecular weight excluding hydrogens is 252 g/mol. The molecule has 1 aromatic carbocycles. The van der Waals surface area contributed by atoms with Crippen LogP contribution >= 0.6 is 15.9 Å². The Morgan fingerprint density at radius 3 is 2.54 bits per heavy atom. The van der Waals surface area contributed by atoms with Gasteiger partial charge >= 0.3 is 0 Å². The molecule has 2 nitrogen and oxygen atoms in total. The third-order valence-electron chi connectivity index (χ3n) is 1.42. The van der Waals surface area contributed by atoms with Gasteiger partial charge in [-0.15, -0.1) is 0 Å². The number of hydrogen-bond acceptors (Lipinski definition) is 1. The van der Waals surface area contributed by atoms with E-state index >= 15 is 0 Å². The van der Waals surface area contributed by atoms with E-state index in [4.69, 9.17) is 4.55 Å². The maximum Gasteiger partial charge on any atom is 0.156 e. The lowest BCUT2D eigenvalue weighted by molar-refractivity contribution is 0.567. The predicted molar refractivity (Wildman–Crippen MR) is 58.8 cm³/mol. The Kier molecular flexibility index (Phi) is 4.35. The van der Waals surface area contributed by atoms with Gasteiger partial charge in [-0.2, -0.15) is 0 Å². The summed E-state index contributed by atoms with van der Waals surface area (Å²) in [4.78, 5) is 0. The average molecular weight is 261 g/mol. The lowest BCUT2D eigenvalue weighted by atomic mass is 10.2. The van der Waals surface area contributed by atoms with Gasteiger partial charge in [0.2, 0.25) is 0 Å². The molecule has 0 bridgehead atoms. The van der Waals surface area contributed by atoms with Gasteiger partial charge in [-0.1, -0.05) is 40.2 Å². The molecule has 0 radical (unpaired) electrons. The van der Waals surface area contributed by atoms with E-state index in [1.54, 1.807) is 6.08 Å². The smallest absolute Gasteiger partial charge is 0.156 e. The summed E-state index contributed by atoms with van der Waals surface area (Å²) < 4.78 is 19.8. The normalized spacial score (nSPS) is 13.4. The molecule has 0 aliphatic carbocycles. The molecule has 0 saturated heterocycles. The van der Waals surface area contributed by atoms with Gasteiger partial charge in [-0.25, -0.2) is 4.21 Å². The minimum absolute atomic E-state index is 0.177. The van der Waals surface area contributed by atoms with Crippen LogP contribution in [-0.4, -0.2) is 14.5 Å². The summed E-state index contributed by atoms with van der Waals surface area (Å²) in [6.45, 7) is 0. The van der Waals surface area contributed by atoms with Crippen LogP contribution in [-0.2, 0) is 11.1 Å². The van der Waals surface area contributed by atoms with Crippen LogP contribution in [0.2, 0.25) is 0 Å². The summed E-state index contributed by atoms with van der Waals surface area (Å²) >= 11 is 1.58. The van der Waals surface area contributed by atoms with E-state index in [0.717, 1.165) is 10.0 Å². The second-order valence-electron chi connectivity index (χ2n) is 2.44. The molecule has 1 unspecified atom stereocenters. The van der Waals surface area contributed by atoms with E-state index in [2.05, 4.69) is 15.9 Å². The second kappa shape index (κ2) is 5.32. The van der Waals surface area contributed by atoms with Crippen molar-refractivity contribution in [1.29, 1.82) is 0 Å². The summed E-state index contributed by atoms with van der Waals surface area (Å²) in [5, 5.41) is 0. The molecule has 1 aromatic rings. The van der Waals surface area contributed by atoms with Crippen LogP contribution in [0.25, 0.3) is 6.08 Å². The van der Waals surface area contributed by atoms with E-state index in [-0.39, 0.29) is 5.75 Å². The van der Waals surface area contributed by atoms with Crippen molar-refractivity contribution < 1.29 is 8.76 Å². The monoisotopic (exact) mass is 260 g/mol. The summed E-state index contributed by atoms with van der Waals surface area (Å²) in [6.07, 6.45) is 3.50. The van der Waals surface area contributed by atoms with Crippen LogP contribution in [0.4, 0.5) is 0 Å². The molecule has 4 heteroatoms. The zero-order chi connectivity index (χ0) is 9.68. The standard InChI is InChI=1S/C9H9BrO2S/c10-9-5-3-8(4-6-9)2-1-7-13(11)12/h1-6H,7H2,(H,11,12). The maximum atomic E-state index is 10.3. The highest BCUT2D eigenvalue weighted by Crippen LogP contribution is 2.11. The topological polar surface area (TPSA) is 37.3 Å². The maximum absolute atomic E-state index is 10.3. The molecule has 0 amide bonds. The molecule has 1 atom stereocenters. The van der Waals surface area contributed by atoms with Crippen molar-refractivity contribution in [2.45, 2.75) is 0 Å². The molecule has 13 heavy (non-hydrogen) atoms. The quantitative estimate of drug-likeness (QED) is 0.849. The molecule has 0 heterocycles. The van der Waals surface area contributed by atoms with Crippen LogP contribution in [0.1, 0.15) is 5.56 Å². The van der Waals surface area contributed by atoms with E-state index < -0.39 is 11.1 Å². The van der Waals surface area contributed by atoms with Gasteiger partial charge in [0.15, 0.2) is 11.1 Å². The molecule has 0 aliphatic heterocycles. The van der Waals surface area contributed by atoms with Gasteiger partial charge in [0, 0.05) is 4.47 Å². The third-order valence-corrected chi connectivity index (χ3v) is 2.43. The minimum atomic E-state index is -1.74. The first-order chi connectivity index (χ1) is 6.18. The van der Waals surface area contributed by atoms with Crippen molar-refractivity contribution in [2.24, 2.45) is 0 Å². The second-order valence-corrected chi connectivity index (χ2v) is 4.33. The van der Waals surface area contributed by atoms with E-state index in [9.17, 15) is 4.21 Å². The minimum Gasteiger partial charge on any atom is -0.306 e. The van der Waals surface area contributed by atoms with Crippen molar-refractivity contribution in [3.8, 4) is 0 Å². The number of rotatable bonds is 3. The molecule has 0 aliphatic rings. The van der Waals surface area contributed by atoms with Crippen molar-refractivity contribution in [1.82, 2.24) is 0 Å². The van der Waals surface area contributed by atoms with Crippen molar-refractivity contribution >= 4 is 33.1 Å². The molecule has 0 fully saturated rings. The third kappa shape index (κ3) is 4.36. The summed E-state index contributed by atoms with van der Waals surface area (Å²) in [5.41, 5.74) is 1.02. The van der Waals surface area contributed by atoms with Crippen molar-refractivity contribution in [3.63, 3.8) is 0 Å². The van der Waals surface area contributed by atoms with E-state index in [0.29, 0.717) is 0 Å². The number of hydrogen-bond donors (Lipinski definition) is 1. The van der Waals surface area contributed by atoms with Gasteiger partial charge in [-0.3, -0.25) is 0 Å². The molecule has 0 aromatic heterocycles. The first-order valence-corrected chi connectivity index (χ1v) is 5.75. The van der Waals surface area contributed by atoms with Gasteiger partial charge < -0.3 is 4.55 Å². The first kappa shape index (κ1) is 10.6. The largest absolute Gasteiger partial charge is 0.306 e. The Labute approximate surface area is 88.1 Å². The lowest BCUT2D eigenvalue weighted by Crippen LogP contribution is -1.88. The highest BCUT2D eigenvalue weighted by Gasteiger charge is 1.88. The van der Waals surface area contributed by atoms with Crippen LogP contribution in [0, 0.1) is 0 Å². The molecule has 0 spiro atoms. The molecule has 1 N–H and O–H groups in total. The highest BCUT2D eigenvalue weighted by atomic mass is 79.9. The molecular formula is C9H9BrO2S. The Morgan fingerprint density at radius 1 is 1.38 bits per heavy atom. The summed E-state index contributed by atoms with van der Waals surface area (Å²) in [5.74, 6) is 0.177. The molecule has 1 rings (SSSR count). The van der Waals surface area contributed by atoms with Crippen LogP contribution in [0.3, 0.4) is 0 Å². The zero-order valence-electron chi connectivity index (χ0n) is 6.81. The summed E-state index contributed by atoms with van der Waals surface area (Å²) in [7, 11) is 0. The molecule has 70 valence electrons. The SMILES string of the molecule is O=S(O)CC=Cc1ccc(Br)cc1. The van der Waals surface area contributed by atoms with E-state index in [1.165, 1.54) is 0 Å². The highest BCUT2D eigenvalue weighted by molar-refractivity contribution is 9.10. The van der Waals surface area contributed by atoms with Gasteiger partial charge in [-0.05, 0) is 17.7 Å². The zero-order valence-corrected chi connectivity index (χ0v) is 9.22. The fraction of sp³-hybridized carbons (Fsp3) is 0.111.